The summed E-state index contributed by atoms with van der Waals surface area (Å²) in [5.41, 5.74) is 4.83. The fourth-order valence-electron chi connectivity index (χ4n) is 4.95. The maximum atomic E-state index is 13.9. The van der Waals surface area contributed by atoms with Gasteiger partial charge in [0.15, 0.2) is 0 Å². The van der Waals surface area contributed by atoms with Gasteiger partial charge in [-0.25, -0.2) is 4.39 Å². The molecule has 0 aliphatic carbocycles. The van der Waals surface area contributed by atoms with E-state index in [0.29, 0.717) is 29.9 Å². The highest BCUT2D eigenvalue weighted by Gasteiger charge is 2.28. The zero-order valence-electron chi connectivity index (χ0n) is 22.2. The fourth-order valence-corrected chi connectivity index (χ4v) is 4.95. The van der Waals surface area contributed by atoms with Gasteiger partial charge in [-0.05, 0) is 68.0 Å². The molecular formula is C32H32FN3O3. The average Bonchev–Trinajstić information content (AvgIpc) is 2.97. The fraction of sp³-hybridized carbons (Fsp3) is 0.250. The van der Waals surface area contributed by atoms with Crippen molar-refractivity contribution in [3.05, 3.63) is 129 Å². The highest BCUT2D eigenvalue weighted by molar-refractivity contribution is 6.00. The van der Waals surface area contributed by atoms with Gasteiger partial charge in [-0.3, -0.25) is 9.59 Å². The highest BCUT2D eigenvalue weighted by atomic mass is 19.1. The molecule has 1 N–H and O–H groups in total. The molecule has 0 spiro atoms. The summed E-state index contributed by atoms with van der Waals surface area (Å²) in [7, 11) is 0. The van der Waals surface area contributed by atoms with E-state index in [1.807, 2.05) is 78.6 Å². The summed E-state index contributed by atoms with van der Waals surface area (Å²) in [6, 6.07) is 24.0. The second kappa shape index (κ2) is 11.6. The lowest BCUT2D eigenvalue weighted by atomic mass is 9.89. The molecule has 1 aromatic heterocycles. The molecule has 2 heterocycles. The summed E-state index contributed by atoms with van der Waals surface area (Å²) in [4.78, 5) is 34.9. The maximum absolute atomic E-state index is 13.9. The number of pyridine rings is 1. The van der Waals surface area contributed by atoms with E-state index in [1.54, 1.807) is 6.92 Å². The van der Waals surface area contributed by atoms with Crippen LogP contribution in [0.1, 0.15) is 51.4 Å². The van der Waals surface area contributed by atoms with Crippen molar-refractivity contribution >= 4 is 17.3 Å². The molecule has 1 saturated heterocycles. The van der Waals surface area contributed by atoms with Crippen molar-refractivity contribution in [1.29, 1.82) is 0 Å². The summed E-state index contributed by atoms with van der Waals surface area (Å²) >= 11 is 0. The number of nitrogens with one attached hydrogen (secondary N) is 1. The molecule has 4 aromatic rings. The van der Waals surface area contributed by atoms with Crippen LogP contribution < -0.4 is 15.7 Å². The van der Waals surface area contributed by atoms with E-state index >= 15 is 0 Å². The third-order valence-corrected chi connectivity index (χ3v) is 7.30. The number of piperidine rings is 1. The van der Waals surface area contributed by atoms with Crippen molar-refractivity contribution in [2.45, 2.75) is 39.2 Å². The van der Waals surface area contributed by atoms with Gasteiger partial charge in [0.1, 0.15) is 12.4 Å². The number of benzene rings is 3. The number of rotatable bonds is 7. The van der Waals surface area contributed by atoms with E-state index in [0.717, 1.165) is 35.2 Å². The number of amides is 1. The van der Waals surface area contributed by atoms with Gasteiger partial charge in [0.05, 0.1) is 17.4 Å². The Kier molecular flexibility index (Phi) is 7.77. The molecular weight excluding hydrogens is 493 g/mol. The predicted octanol–water partition coefficient (Wildman–Crippen LogP) is 6.00. The Balaban J connectivity index is 1.42. The van der Waals surface area contributed by atoms with Crippen molar-refractivity contribution in [2.24, 2.45) is 0 Å². The topological polar surface area (TPSA) is 63.6 Å². The Morgan fingerprint density at radius 1 is 0.949 bits per heavy atom. The van der Waals surface area contributed by atoms with Crippen LogP contribution in [0.5, 0.6) is 0 Å². The molecule has 0 unspecified atom stereocenters. The van der Waals surface area contributed by atoms with Crippen LogP contribution in [-0.2, 0) is 6.61 Å². The van der Waals surface area contributed by atoms with Gasteiger partial charge in [0.2, 0.25) is 0 Å². The predicted molar refractivity (Wildman–Crippen MR) is 151 cm³/mol. The number of aromatic nitrogens is 1. The number of hydrogen-bond acceptors (Lipinski definition) is 4. The summed E-state index contributed by atoms with van der Waals surface area (Å²) in [6.45, 7) is 5.03. The normalized spacial score (nSPS) is 13.8. The Labute approximate surface area is 227 Å². The van der Waals surface area contributed by atoms with E-state index in [4.69, 9.17) is 4.84 Å². The van der Waals surface area contributed by atoms with Gasteiger partial charge >= 0.3 is 0 Å². The van der Waals surface area contributed by atoms with Gasteiger partial charge < -0.3 is 15.1 Å². The van der Waals surface area contributed by atoms with Crippen molar-refractivity contribution in [3.8, 4) is 0 Å². The zero-order valence-corrected chi connectivity index (χ0v) is 22.2. The molecule has 5 rings (SSSR count). The van der Waals surface area contributed by atoms with Gasteiger partial charge in [-0.1, -0.05) is 60.2 Å². The van der Waals surface area contributed by atoms with Gasteiger partial charge in [0.25, 0.3) is 11.5 Å². The first-order valence-electron chi connectivity index (χ1n) is 13.2. The molecule has 0 saturated carbocycles. The summed E-state index contributed by atoms with van der Waals surface area (Å²) in [6.07, 6.45) is 3.06. The second-order valence-electron chi connectivity index (χ2n) is 10.0. The third-order valence-electron chi connectivity index (χ3n) is 7.30. The molecule has 0 bridgehead atoms. The molecule has 1 amide bonds. The molecule has 0 radical (unpaired) electrons. The molecule has 7 heteroatoms. The lowest BCUT2D eigenvalue weighted by molar-refractivity contribution is 0.0691. The molecule has 1 fully saturated rings. The van der Waals surface area contributed by atoms with Crippen LogP contribution in [0, 0.1) is 19.7 Å². The minimum Gasteiger partial charge on any atom is -0.406 e. The largest absolute Gasteiger partial charge is 0.406 e. The van der Waals surface area contributed by atoms with Crippen LogP contribution in [0.3, 0.4) is 0 Å². The van der Waals surface area contributed by atoms with Crippen molar-refractivity contribution in [2.75, 3.05) is 18.4 Å². The lowest BCUT2D eigenvalue weighted by Gasteiger charge is -2.33. The van der Waals surface area contributed by atoms with Crippen molar-refractivity contribution in [1.82, 2.24) is 9.63 Å². The Morgan fingerprint density at radius 3 is 2.28 bits per heavy atom. The first-order chi connectivity index (χ1) is 18.9. The minimum atomic E-state index is -0.327. The van der Waals surface area contributed by atoms with E-state index < -0.39 is 0 Å². The molecule has 1 aliphatic rings. The molecule has 0 atom stereocenters. The third kappa shape index (κ3) is 6.03. The number of hydrogen-bond donors (Lipinski definition) is 1. The first kappa shape index (κ1) is 26.2. The zero-order chi connectivity index (χ0) is 27.4. The number of halogens is 1. The lowest BCUT2D eigenvalue weighted by Crippen LogP contribution is -2.39. The Morgan fingerprint density at radius 2 is 1.62 bits per heavy atom. The monoisotopic (exact) mass is 525 g/mol. The van der Waals surface area contributed by atoms with Crippen LogP contribution in [0.4, 0.5) is 15.8 Å². The number of likely N-dealkylation sites (tertiary alicyclic amines) is 1. The van der Waals surface area contributed by atoms with Gasteiger partial charge in [-0.15, -0.1) is 0 Å². The van der Waals surface area contributed by atoms with Crippen LogP contribution in [0.2, 0.25) is 0 Å². The second-order valence-corrected chi connectivity index (χ2v) is 10.0. The van der Waals surface area contributed by atoms with Crippen LogP contribution in [-0.4, -0.2) is 28.6 Å². The summed E-state index contributed by atoms with van der Waals surface area (Å²) in [5.74, 6) is -0.146. The van der Waals surface area contributed by atoms with Gasteiger partial charge in [-0.2, -0.15) is 4.73 Å². The van der Waals surface area contributed by atoms with Crippen LogP contribution >= 0.6 is 0 Å². The van der Waals surface area contributed by atoms with E-state index in [1.165, 1.54) is 23.1 Å². The smallest absolute Gasteiger partial charge is 0.288 e. The van der Waals surface area contributed by atoms with Crippen molar-refractivity contribution in [3.63, 3.8) is 0 Å². The highest BCUT2D eigenvalue weighted by Crippen LogP contribution is 2.31. The van der Waals surface area contributed by atoms with E-state index in [-0.39, 0.29) is 29.8 Å². The minimum absolute atomic E-state index is 0.165. The SMILES string of the molecule is Cc1ccc(Nc2c(C(=O)N3CCC(c4ccc(F)cc4)CC3)cn(OCc3ccccc3)c(=O)c2C)cc1. The van der Waals surface area contributed by atoms with E-state index in [2.05, 4.69) is 5.32 Å². The molecule has 3 aromatic carbocycles. The summed E-state index contributed by atoms with van der Waals surface area (Å²) in [5, 5.41) is 3.32. The van der Waals surface area contributed by atoms with Gasteiger partial charge in [0, 0.05) is 24.3 Å². The van der Waals surface area contributed by atoms with Crippen LogP contribution in [0.25, 0.3) is 0 Å². The van der Waals surface area contributed by atoms with E-state index in [9.17, 15) is 14.0 Å². The number of aryl methyl sites for hydroxylation is 1. The number of anilines is 2. The number of carbonyl (C=O) groups excluding carboxylic acids is 1. The number of carbonyl (C=O) groups is 1. The molecule has 39 heavy (non-hydrogen) atoms. The Hall–Kier alpha value is -4.39. The average molecular weight is 526 g/mol. The standard InChI is InChI=1S/C32H32FN3O3/c1-22-8-14-28(15-9-22)34-30-23(2)31(37)36(39-21-24-6-4-3-5-7-24)20-29(30)32(38)35-18-16-26(17-19-35)25-10-12-27(33)13-11-25/h3-15,20,26,34H,16-19,21H2,1-2H3. The number of nitrogens with zero attached hydrogens (tertiary/aromatic N) is 2. The molecule has 200 valence electrons. The Bertz CT molecular complexity index is 1490. The maximum Gasteiger partial charge on any atom is 0.288 e. The molecule has 1 aliphatic heterocycles. The summed E-state index contributed by atoms with van der Waals surface area (Å²) < 4.78 is 14.5. The molecule has 6 nitrogen and oxygen atoms in total. The quantitative estimate of drug-likeness (QED) is 0.322. The first-order valence-corrected chi connectivity index (χ1v) is 13.2. The van der Waals surface area contributed by atoms with Crippen LogP contribution in [0.15, 0.2) is 89.9 Å². The van der Waals surface area contributed by atoms with Crippen molar-refractivity contribution < 1.29 is 14.0 Å².